The van der Waals surface area contributed by atoms with Crippen molar-refractivity contribution in [2.24, 2.45) is 10.7 Å². The molecular formula is C18H20N4O. The summed E-state index contributed by atoms with van der Waals surface area (Å²) in [6.07, 6.45) is 4.60. The lowest BCUT2D eigenvalue weighted by atomic mass is 9.87. The van der Waals surface area contributed by atoms with Crippen LogP contribution in [0.15, 0.2) is 53.8 Å². The first-order chi connectivity index (χ1) is 11.0. The molecule has 2 N–H and O–H groups in total. The van der Waals surface area contributed by atoms with Crippen molar-refractivity contribution in [3.63, 3.8) is 0 Å². The number of aliphatic imine (C=N–C) groups is 1. The van der Waals surface area contributed by atoms with Crippen molar-refractivity contribution in [2.45, 2.75) is 25.3 Å². The molecule has 0 radical (unpaired) electrons. The number of pyridine rings is 1. The Balaban J connectivity index is 1.88. The Morgan fingerprint density at radius 1 is 1.22 bits per heavy atom. The van der Waals surface area contributed by atoms with E-state index in [1.54, 1.807) is 19.4 Å². The molecule has 0 aliphatic carbocycles. The van der Waals surface area contributed by atoms with Gasteiger partial charge in [0.15, 0.2) is 5.96 Å². The Morgan fingerprint density at radius 2 is 1.96 bits per heavy atom. The van der Waals surface area contributed by atoms with Gasteiger partial charge in [-0.1, -0.05) is 24.3 Å². The van der Waals surface area contributed by atoms with Gasteiger partial charge in [0.1, 0.15) is 0 Å². The fraction of sp³-hybridized carbons (Fsp3) is 0.278. The number of benzene rings is 1. The van der Waals surface area contributed by atoms with Gasteiger partial charge in [0.05, 0.1) is 12.0 Å². The van der Waals surface area contributed by atoms with Crippen LogP contribution in [0.4, 0.5) is 0 Å². The Bertz CT molecular complexity index is 757. The van der Waals surface area contributed by atoms with Gasteiger partial charge in [0, 0.05) is 19.4 Å². The molecule has 1 aromatic heterocycles. The molecule has 0 fully saturated rings. The Labute approximate surface area is 135 Å². The standard InChI is InChI=1S/C18H20N4O/c1-18(12-16(23)22(2)17(19)21-18)11-13-4-3-5-15(10-13)14-6-8-20-9-7-14/h3-10H,11-12H2,1-2H3,(H2,19,21)/t18-/m1/s1. The van der Waals surface area contributed by atoms with Crippen LogP contribution in [0, 0.1) is 0 Å². The molecule has 3 rings (SSSR count). The smallest absolute Gasteiger partial charge is 0.231 e. The van der Waals surface area contributed by atoms with Gasteiger partial charge in [0.25, 0.3) is 0 Å². The fourth-order valence-corrected chi connectivity index (χ4v) is 2.91. The van der Waals surface area contributed by atoms with Crippen LogP contribution in [-0.2, 0) is 11.2 Å². The number of aromatic nitrogens is 1. The van der Waals surface area contributed by atoms with E-state index in [-0.39, 0.29) is 11.9 Å². The van der Waals surface area contributed by atoms with Gasteiger partial charge in [-0.15, -0.1) is 0 Å². The summed E-state index contributed by atoms with van der Waals surface area (Å²) in [4.78, 5) is 22.0. The van der Waals surface area contributed by atoms with E-state index in [9.17, 15) is 4.79 Å². The predicted molar refractivity (Wildman–Crippen MR) is 90.8 cm³/mol. The molecule has 1 atom stereocenters. The highest BCUT2D eigenvalue weighted by molar-refractivity contribution is 5.98. The zero-order valence-corrected chi connectivity index (χ0v) is 13.4. The Hall–Kier alpha value is -2.69. The van der Waals surface area contributed by atoms with Gasteiger partial charge in [-0.05, 0) is 42.2 Å². The summed E-state index contributed by atoms with van der Waals surface area (Å²) in [6.45, 7) is 1.98. The SMILES string of the molecule is CN1C(=O)C[C@@](C)(Cc2cccc(-c3ccncc3)c2)N=C1N. The van der Waals surface area contributed by atoms with Crippen molar-refractivity contribution >= 4 is 11.9 Å². The van der Waals surface area contributed by atoms with E-state index >= 15 is 0 Å². The molecule has 1 amide bonds. The largest absolute Gasteiger partial charge is 0.369 e. The van der Waals surface area contributed by atoms with Crippen molar-refractivity contribution in [1.82, 2.24) is 9.88 Å². The van der Waals surface area contributed by atoms with Crippen LogP contribution in [-0.4, -0.2) is 34.3 Å². The van der Waals surface area contributed by atoms with Crippen LogP contribution < -0.4 is 5.73 Å². The van der Waals surface area contributed by atoms with Crippen molar-refractivity contribution in [1.29, 1.82) is 0 Å². The maximum Gasteiger partial charge on any atom is 0.231 e. The third-order valence-electron chi connectivity index (χ3n) is 4.16. The molecule has 0 unspecified atom stereocenters. The van der Waals surface area contributed by atoms with Gasteiger partial charge in [-0.2, -0.15) is 0 Å². The Kier molecular flexibility index (Phi) is 3.86. The lowest BCUT2D eigenvalue weighted by molar-refractivity contribution is -0.128. The van der Waals surface area contributed by atoms with E-state index in [0.717, 1.165) is 16.7 Å². The van der Waals surface area contributed by atoms with E-state index in [4.69, 9.17) is 5.73 Å². The van der Waals surface area contributed by atoms with E-state index in [0.29, 0.717) is 12.8 Å². The summed E-state index contributed by atoms with van der Waals surface area (Å²) in [7, 11) is 1.66. The van der Waals surface area contributed by atoms with Crippen LogP contribution in [0.5, 0.6) is 0 Å². The first-order valence-corrected chi connectivity index (χ1v) is 7.58. The number of nitrogens with two attached hydrogens (primary N) is 1. The highest BCUT2D eigenvalue weighted by Gasteiger charge is 2.34. The van der Waals surface area contributed by atoms with E-state index in [2.05, 4.69) is 28.2 Å². The topological polar surface area (TPSA) is 71.6 Å². The molecular weight excluding hydrogens is 288 g/mol. The number of amides is 1. The molecule has 0 saturated carbocycles. The van der Waals surface area contributed by atoms with Crippen LogP contribution in [0.25, 0.3) is 11.1 Å². The molecule has 0 bridgehead atoms. The summed E-state index contributed by atoms with van der Waals surface area (Å²) in [5.74, 6) is 0.291. The minimum Gasteiger partial charge on any atom is -0.369 e. The number of hydrogen-bond acceptors (Lipinski definition) is 4. The number of carbonyl (C=O) groups is 1. The van der Waals surface area contributed by atoms with Gasteiger partial charge in [0.2, 0.25) is 5.91 Å². The molecule has 0 saturated heterocycles. The fourth-order valence-electron chi connectivity index (χ4n) is 2.91. The maximum absolute atomic E-state index is 12.1. The normalized spacial score (nSPS) is 21.2. The zero-order chi connectivity index (χ0) is 16.4. The number of carbonyl (C=O) groups excluding carboxylic acids is 1. The molecule has 1 aromatic carbocycles. The minimum atomic E-state index is -0.495. The lowest BCUT2D eigenvalue weighted by Crippen LogP contribution is -2.49. The second-order valence-electron chi connectivity index (χ2n) is 6.21. The van der Waals surface area contributed by atoms with Gasteiger partial charge in [-0.25, -0.2) is 4.99 Å². The van der Waals surface area contributed by atoms with Crippen molar-refractivity contribution in [3.8, 4) is 11.1 Å². The van der Waals surface area contributed by atoms with E-state index in [1.165, 1.54) is 4.90 Å². The van der Waals surface area contributed by atoms with Gasteiger partial charge in [-0.3, -0.25) is 14.7 Å². The predicted octanol–water partition coefficient (Wildman–Crippen LogP) is 2.23. The number of guanidine groups is 1. The third-order valence-corrected chi connectivity index (χ3v) is 4.16. The summed E-state index contributed by atoms with van der Waals surface area (Å²) >= 11 is 0. The molecule has 5 nitrogen and oxygen atoms in total. The Morgan fingerprint density at radius 3 is 2.65 bits per heavy atom. The molecule has 0 spiro atoms. The molecule has 2 aromatic rings. The van der Waals surface area contributed by atoms with Crippen LogP contribution in [0.3, 0.4) is 0 Å². The number of rotatable bonds is 3. The average Bonchev–Trinajstić information content (AvgIpc) is 2.53. The zero-order valence-electron chi connectivity index (χ0n) is 13.4. The average molecular weight is 308 g/mol. The van der Waals surface area contributed by atoms with Crippen LogP contribution in [0.1, 0.15) is 18.9 Å². The minimum absolute atomic E-state index is 0.00490. The lowest BCUT2D eigenvalue weighted by Gasteiger charge is -2.33. The first kappa shape index (κ1) is 15.2. The molecule has 1 aliphatic rings. The van der Waals surface area contributed by atoms with Crippen LogP contribution >= 0.6 is 0 Å². The first-order valence-electron chi connectivity index (χ1n) is 7.58. The quantitative estimate of drug-likeness (QED) is 0.945. The van der Waals surface area contributed by atoms with Crippen LogP contribution in [0.2, 0.25) is 0 Å². The van der Waals surface area contributed by atoms with E-state index in [1.807, 2.05) is 25.1 Å². The van der Waals surface area contributed by atoms with Gasteiger partial charge >= 0.3 is 0 Å². The molecule has 5 heteroatoms. The summed E-state index contributed by atoms with van der Waals surface area (Å²) in [5, 5.41) is 0. The monoisotopic (exact) mass is 308 g/mol. The molecule has 1 aliphatic heterocycles. The number of nitrogens with zero attached hydrogens (tertiary/aromatic N) is 3. The van der Waals surface area contributed by atoms with Crippen molar-refractivity contribution in [3.05, 3.63) is 54.4 Å². The van der Waals surface area contributed by atoms with Crippen molar-refractivity contribution in [2.75, 3.05) is 7.05 Å². The summed E-state index contributed by atoms with van der Waals surface area (Å²) in [6, 6.07) is 12.3. The highest BCUT2D eigenvalue weighted by atomic mass is 16.2. The van der Waals surface area contributed by atoms with E-state index < -0.39 is 5.54 Å². The van der Waals surface area contributed by atoms with Crippen molar-refractivity contribution < 1.29 is 4.79 Å². The highest BCUT2D eigenvalue weighted by Crippen LogP contribution is 2.28. The second kappa shape index (κ2) is 5.83. The number of hydrogen-bond donors (Lipinski definition) is 1. The second-order valence-corrected chi connectivity index (χ2v) is 6.21. The third kappa shape index (κ3) is 3.23. The molecule has 2 heterocycles. The molecule has 118 valence electrons. The summed E-state index contributed by atoms with van der Waals surface area (Å²) < 4.78 is 0. The van der Waals surface area contributed by atoms with Gasteiger partial charge < -0.3 is 5.73 Å². The summed E-state index contributed by atoms with van der Waals surface area (Å²) in [5.41, 5.74) is 8.76. The maximum atomic E-state index is 12.1. The molecule has 23 heavy (non-hydrogen) atoms.